The van der Waals surface area contributed by atoms with E-state index in [0.717, 1.165) is 31.9 Å². The molecule has 2 bridgehead atoms. The Bertz CT molecular complexity index is 1030. The maximum atomic E-state index is 13.9. The number of piperazine rings is 1. The van der Waals surface area contributed by atoms with Gasteiger partial charge in [0, 0.05) is 43.0 Å². The fourth-order valence-corrected chi connectivity index (χ4v) is 5.03. The Kier molecular flexibility index (Phi) is 6.29. The van der Waals surface area contributed by atoms with Crippen LogP contribution in [0.3, 0.4) is 0 Å². The molecule has 0 radical (unpaired) electrons. The first-order valence-corrected chi connectivity index (χ1v) is 10.8. The van der Waals surface area contributed by atoms with Crippen molar-refractivity contribution >= 4 is 17.6 Å². The van der Waals surface area contributed by atoms with Gasteiger partial charge in [-0.3, -0.25) is 14.4 Å². The van der Waals surface area contributed by atoms with Gasteiger partial charge in [-0.15, -0.1) is 0 Å². The zero-order valence-corrected chi connectivity index (χ0v) is 17.8. The van der Waals surface area contributed by atoms with E-state index in [1.165, 1.54) is 4.90 Å². The molecule has 2 amide bonds. The van der Waals surface area contributed by atoms with E-state index in [1.54, 1.807) is 0 Å². The topological polar surface area (TPSA) is 90.0 Å². The molecular formula is C23H24F3N3O4. The molecule has 5 rings (SSSR count). The summed E-state index contributed by atoms with van der Waals surface area (Å²) in [7, 11) is 0. The van der Waals surface area contributed by atoms with Crippen LogP contribution in [-0.2, 0) is 20.9 Å². The highest BCUT2D eigenvalue weighted by molar-refractivity contribution is 6.19. The van der Waals surface area contributed by atoms with Crippen LogP contribution in [0, 0.1) is 23.4 Å². The van der Waals surface area contributed by atoms with Crippen molar-refractivity contribution in [3.8, 4) is 0 Å². The number of nitrogens with zero attached hydrogens (tertiary/aromatic N) is 2. The molecule has 10 heteroatoms. The summed E-state index contributed by atoms with van der Waals surface area (Å²) in [6.45, 7) is 2.55. The molecule has 3 aliphatic heterocycles. The minimum atomic E-state index is -1.19. The maximum absolute atomic E-state index is 13.9. The number of hydrogen-bond donors (Lipinski definition) is 2. The molecule has 0 spiro atoms. The lowest BCUT2D eigenvalue weighted by Gasteiger charge is -2.55. The summed E-state index contributed by atoms with van der Waals surface area (Å²) in [5.41, 5.74) is -0.957. The van der Waals surface area contributed by atoms with Gasteiger partial charge in [0.25, 0.3) is 11.8 Å². The van der Waals surface area contributed by atoms with E-state index in [4.69, 9.17) is 0 Å². The summed E-state index contributed by atoms with van der Waals surface area (Å²) in [4.78, 5) is 41.2. The molecule has 33 heavy (non-hydrogen) atoms. The molecule has 0 unspecified atom stereocenters. The largest absolute Gasteiger partial charge is 0.388 e. The smallest absolute Gasteiger partial charge is 0.270 e. The molecule has 176 valence electrons. The van der Waals surface area contributed by atoms with Crippen molar-refractivity contribution in [2.75, 3.05) is 13.2 Å². The third-order valence-corrected chi connectivity index (χ3v) is 6.75. The lowest BCUT2D eigenvalue weighted by Crippen LogP contribution is -2.64. The Morgan fingerprint density at radius 2 is 1.79 bits per heavy atom. The molecule has 2 N–H and O–H groups in total. The van der Waals surface area contributed by atoms with Gasteiger partial charge in [0.05, 0.1) is 11.7 Å². The monoisotopic (exact) mass is 463 g/mol. The molecule has 7 nitrogen and oxygen atoms in total. The van der Waals surface area contributed by atoms with Crippen molar-refractivity contribution in [1.82, 2.24) is 15.1 Å². The van der Waals surface area contributed by atoms with E-state index in [0.29, 0.717) is 24.6 Å². The van der Waals surface area contributed by atoms with Gasteiger partial charge in [-0.25, -0.2) is 13.2 Å². The number of ketones is 1. The van der Waals surface area contributed by atoms with Crippen LogP contribution in [-0.4, -0.2) is 57.7 Å². The van der Waals surface area contributed by atoms with Gasteiger partial charge in [0.15, 0.2) is 5.78 Å². The molecule has 1 aliphatic carbocycles. The number of aliphatic hydroxyl groups is 1. The summed E-state index contributed by atoms with van der Waals surface area (Å²) in [5, 5.41) is 11.6. The molecule has 1 aromatic carbocycles. The Morgan fingerprint density at radius 3 is 2.39 bits per heavy atom. The number of aliphatic hydroxyl groups excluding tert-OH is 1. The summed E-state index contributed by atoms with van der Waals surface area (Å²) in [6.07, 6.45) is 5.05. The molecule has 3 saturated heterocycles. The van der Waals surface area contributed by atoms with E-state index in [1.807, 2.05) is 4.90 Å². The average Bonchev–Trinajstić information content (AvgIpc) is 2.79. The Balaban J connectivity index is 1.55. The quantitative estimate of drug-likeness (QED) is 0.381. The van der Waals surface area contributed by atoms with E-state index < -0.39 is 53.4 Å². The Hall–Kier alpha value is -3.14. The summed E-state index contributed by atoms with van der Waals surface area (Å²) in [6, 6.07) is 1.06. The van der Waals surface area contributed by atoms with Gasteiger partial charge in [-0.2, -0.15) is 0 Å². The Labute approximate surface area is 188 Å². The zero-order chi connectivity index (χ0) is 23.9. The van der Waals surface area contributed by atoms with Gasteiger partial charge in [0.1, 0.15) is 29.6 Å². The molecule has 3 heterocycles. The van der Waals surface area contributed by atoms with Crippen LogP contribution in [0.1, 0.15) is 31.2 Å². The molecule has 1 aromatic rings. The van der Waals surface area contributed by atoms with Crippen molar-refractivity contribution in [1.29, 1.82) is 0 Å². The zero-order valence-electron chi connectivity index (χ0n) is 17.8. The Morgan fingerprint density at radius 1 is 1.15 bits per heavy atom. The summed E-state index contributed by atoms with van der Waals surface area (Å²) in [5.74, 6) is -5.34. The molecule has 4 fully saturated rings. The van der Waals surface area contributed by atoms with Gasteiger partial charge in [0.2, 0.25) is 0 Å². The van der Waals surface area contributed by atoms with Crippen LogP contribution in [0.2, 0.25) is 0 Å². The molecule has 1 saturated carbocycles. The normalized spacial score (nSPS) is 24.7. The van der Waals surface area contributed by atoms with Crippen molar-refractivity contribution in [2.45, 2.75) is 44.3 Å². The van der Waals surface area contributed by atoms with Crippen LogP contribution in [0.15, 0.2) is 36.2 Å². The van der Waals surface area contributed by atoms with E-state index >= 15 is 0 Å². The molecule has 0 aromatic heterocycles. The second-order valence-electron chi connectivity index (χ2n) is 8.60. The van der Waals surface area contributed by atoms with Crippen molar-refractivity contribution in [3.63, 3.8) is 0 Å². The second-order valence-corrected chi connectivity index (χ2v) is 8.60. The number of halogens is 3. The maximum Gasteiger partial charge on any atom is 0.270 e. The third-order valence-electron chi connectivity index (χ3n) is 6.75. The number of nitrogens with one attached hydrogen (secondary N) is 1. The van der Waals surface area contributed by atoms with E-state index in [2.05, 4.69) is 11.9 Å². The standard InChI is InChI=1S/C23H24F3N3O4/c1-12-23(33)29-15-4-2-13(3-5-15)20(29)10-28(12)9-17(21(31)11-30)22(32)27-8-16-18(25)6-14(24)7-19(16)26/h6-7,9,13,15,20,30H,1-5,8,10-11H2,(H,27,32)/b17-9+/t13?,15?,20-/m0/s1. The van der Waals surface area contributed by atoms with Gasteiger partial charge in [-0.1, -0.05) is 6.58 Å². The van der Waals surface area contributed by atoms with Gasteiger partial charge >= 0.3 is 0 Å². The number of piperidine rings is 2. The summed E-state index contributed by atoms with van der Waals surface area (Å²) < 4.78 is 40.8. The van der Waals surface area contributed by atoms with E-state index in [9.17, 15) is 32.7 Å². The minimum absolute atomic E-state index is 0.0669. The van der Waals surface area contributed by atoms with E-state index in [-0.39, 0.29) is 23.7 Å². The van der Waals surface area contributed by atoms with Crippen LogP contribution in [0.25, 0.3) is 0 Å². The lowest BCUT2D eigenvalue weighted by molar-refractivity contribution is -0.147. The fourth-order valence-electron chi connectivity index (χ4n) is 5.03. The van der Waals surface area contributed by atoms with Gasteiger partial charge in [-0.05, 0) is 31.6 Å². The first-order chi connectivity index (χ1) is 15.7. The number of Topliss-reactive ketones (excluding diaryl/α,β-unsaturated/α-hetero) is 1. The van der Waals surface area contributed by atoms with Crippen molar-refractivity contribution in [2.24, 2.45) is 5.92 Å². The summed E-state index contributed by atoms with van der Waals surface area (Å²) >= 11 is 0. The van der Waals surface area contributed by atoms with Crippen molar-refractivity contribution in [3.05, 3.63) is 59.2 Å². The lowest BCUT2D eigenvalue weighted by atomic mass is 9.73. The SMILES string of the molecule is C=C1C(=O)N2C3CCC(CC3)[C@@H]2CN1/C=C(\C(=O)CO)C(=O)NCc1c(F)cc(F)cc1F. The molecular weight excluding hydrogens is 439 g/mol. The minimum Gasteiger partial charge on any atom is -0.388 e. The number of benzene rings is 1. The molecule has 1 atom stereocenters. The number of amides is 2. The predicted octanol–water partition coefficient (Wildman–Crippen LogP) is 1.76. The third kappa shape index (κ3) is 4.27. The van der Waals surface area contributed by atoms with Crippen LogP contribution < -0.4 is 5.32 Å². The van der Waals surface area contributed by atoms with Crippen LogP contribution in [0.5, 0.6) is 0 Å². The van der Waals surface area contributed by atoms with Gasteiger partial charge < -0.3 is 20.2 Å². The second kappa shape index (κ2) is 9.01. The highest BCUT2D eigenvalue weighted by atomic mass is 19.1. The highest BCUT2D eigenvalue weighted by Crippen LogP contribution is 2.42. The average molecular weight is 463 g/mol. The number of hydrogen-bond acceptors (Lipinski definition) is 5. The fraction of sp³-hybridized carbons (Fsp3) is 0.435. The first kappa shape index (κ1) is 23.0. The number of carbonyl (C=O) groups excluding carboxylic acids is 3. The predicted molar refractivity (Wildman–Crippen MR) is 111 cm³/mol. The number of carbonyl (C=O) groups is 3. The first-order valence-electron chi connectivity index (χ1n) is 10.8. The molecule has 4 aliphatic rings. The highest BCUT2D eigenvalue weighted by Gasteiger charge is 2.48. The number of rotatable bonds is 6. The van der Waals surface area contributed by atoms with Crippen molar-refractivity contribution < 1.29 is 32.7 Å². The van der Waals surface area contributed by atoms with Crippen LogP contribution in [0.4, 0.5) is 13.2 Å². The van der Waals surface area contributed by atoms with Crippen LogP contribution >= 0.6 is 0 Å². The number of fused-ring (bicyclic) bond motifs is 2.